The summed E-state index contributed by atoms with van der Waals surface area (Å²) in [4.78, 5) is 17.3. The van der Waals surface area contributed by atoms with Gasteiger partial charge in [-0.2, -0.15) is 0 Å². The van der Waals surface area contributed by atoms with Gasteiger partial charge in [0.1, 0.15) is 0 Å². The predicted molar refractivity (Wildman–Crippen MR) is 114 cm³/mol. The van der Waals surface area contributed by atoms with Crippen LogP contribution in [0.5, 0.6) is 11.5 Å². The fraction of sp³-hybridized carbons (Fsp3) is 0.409. The number of rotatable bonds is 6. The van der Waals surface area contributed by atoms with Crippen molar-refractivity contribution < 1.29 is 14.3 Å². The highest BCUT2D eigenvalue weighted by Crippen LogP contribution is 2.37. The molecular formula is C22H27BrN2O3. The monoisotopic (exact) mass is 446 g/mol. The average molecular weight is 447 g/mol. The van der Waals surface area contributed by atoms with Crippen molar-refractivity contribution in [1.29, 1.82) is 0 Å². The Morgan fingerprint density at radius 2 is 1.89 bits per heavy atom. The van der Waals surface area contributed by atoms with Gasteiger partial charge in [0.05, 0.1) is 18.2 Å². The van der Waals surface area contributed by atoms with Crippen LogP contribution in [0.15, 0.2) is 40.9 Å². The molecule has 0 radical (unpaired) electrons. The second-order valence-electron chi connectivity index (χ2n) is 6.98. The van der Waals surface area contributed by atoms with Crippen molar-refractivity contribution >= 4 is 21.8 Å². The van der Waals surface area contributed by atoms with E-state index in [1.807, 2.05) is 17.9 Å². The lowest BCUT2D eigenvalue weighted by atomic mass is 10.1. The van der Waals surface area contributed by atoms with E-state index in [-0.39, 0.29) is 5.91 Å². The van der Waals surface area contributed by atoms with Gasteiger partial charge in [0.25, 0.3) is 5.91 Å². The van der Waals surface area contributed by atoms with E-state index >= 15 is 0 Å². The first-order chi connectivity index (χ1) is 13.5. The Balaban J connectivity index is 1.64. The van der Waals surface area contributed by atoms with Crippen molar-refractivity contribution in [2.24, 2.45) is 0 Å². The highest BCUT2D eigenvalue weighted by Gasteiger charge is 2.24. The van der Waals surface area contributed by atoms with Gasteiger partial charge in [0, 0.05) is 38.3 Å². The second kappa shape index (κ2) is 9.43. The normalized spacial score (nSPS) is 14.8. The van der Waals surface area contributed by atoms with E-state index in [0.29, 0.717) is 23.7 Å². The van der Waals surface area contributed by atoms with E-state index in [1.165, 1.54) is 11.1 Å². The van der Waals surface area contributed by atoms with Gasteiger partial charge in [-0.3, -0.25) is 9.69 Å². The molecule has 3 rings (SSSR count). The topological polar surface area (TPSA) is 42.0 Å². The van der Waals surface area contributed by atoms with Crippen molar-refractivity contribution in [3.05, 3.63) is 57.6 Å². The van der Waals surface area contributed by atoms with Crippen molar-refractivity contribution in [3.63, 3.8) is 0 Å². The maximum absolute atomic E-state index is 13.0. The molecule has 0 saturated carbocycles. The standard InChI is InChI=1S/C22H27BrN2O3/c1-4-28-21-19(23)13-18(14-20(21)27-3)22(26)25-10-8-24(9-11-25)15-17-7-5-6-16(2)12-17/h5-7,12-14H,4,8-11,15H2,1-3H3. The van der Waals surface area contributed by atoms with Crippen LogP contribution in [-0.2, 0) is 6.54 Å². The Bertz CT molecular complexity index is 833. The fourth-order valence-electron chi connectivity index (χ4n) is 3.49. The minimum Gasteiger partial charge on any atom is -0.493 e. The molecule has 2 aromatic rings. The average Bonchev–Trinajstić information content (AvgIpc) is 2.69. The van der Waals surface area contributed by atoms with Gasteiger partial charge in [-0.25, -0.2) is 0 Å². The van der Waals surface area contributed by atoms with Gasteiger partial charge in [0.2, 0.25) is 0 Å². The molecule has 1 saturated heterocycles. The summed E-state index contributed by atoms with van der Waals surface area (Å²) >= 11 is 3.50. The first-order valence-electron chi connectivity index (χ1n) is 9.59. The first-order valence-corrected chi connectivity index (χ1v) is 10.4. The molecule has 2 aromatic carbocycles. The van der Waals surface area contributed by atoms with E-state index in [2.05, 4.69) is 52.0 Å². The Kier molecular flexibility index (Phi) is 6.97. The summed E-state index contributed by atoms with van der Waals surface area (Å²) in [6.45, 7) is 8.67. The number of carbonyl (C=O) groups is 1. The Morgan fingerprint density at radius 1 is 1.14 bits per heavy atom. The van der Waals surface area contributed by atoms with Crippen LogP contribution in [0.1, 0.15) is 28.4 Å². The third kappa shape index (κ3) is 4.86. The van der Waals surface area contributed by atoms with Crippen LogP contribution >= 0.6 is 15.9 Å². The summed E-state index contributed by atoms with van der Waals surface area (Å²) in [5.41, 5.74) is 3.21. The molecule has 5 nitrogen and oxygen atoms in total. The van der Waals surface area contributed by atoms with Gasteiger partial charge in [-0.05, 0) is 47.5 Å². The number of amides is 1. The van der Waals surface area contributed by atoms with Gasteiger partial charge >= 0.3 is 0 Å². The van der Waals surface area contributed by atoms with Crippen LogP contribution in [0.4, 0.5) is 0 Å². The molecule has 1 amide bonds. The van der Waals surface area contributed by atoms with Crippen LogP contribution in [0.3, 0.4) is 0 Å². The summed E-state index contributed by atoms with van der Waals surface area (Å²) in [6, 6.07) is 12.2. The van der Waals surface area contributed by atoms with E-state index in [9.17, 15) is 4.79 Å². The summed E-state index contributed by atoms with van der Waals surface area (Å²) in [7, 11) is 1.59. The molecule has 28 heavy (non-hydrogen) atoms. The van der Waals surface area contributed by atoms with Gasteiger partial charge in [-0.15, -0.1) is 0 Å². The number of benzene rings is 2. The predicted octanol–water partition coefficient (Wildman–Crippen LogP) is 4.12. The zero-order chi connectivity index (χ0) is 20.1. The zero-order valence-corrected chi connectivity index (χ0v) is 18.3. The number of methoxy groups -OCH3 is 1. The SMILES string of the molecule is CCOc1c(Br)cc(C(=O)N2CCN(Cc3cccc(C)c3)CC2)cc1OC. The molecule has 0 bridgehead atoms. The molecule has 1 aliphatic rings. The number of halogens is 1. The second-order valence-corrected chi connectivity index (χ2v) is 7.83. The maximum Gasteiger partial charge on any atom is 0.254 e. The quantitative estimate of drug-likeness (QED) is 0.668. The molecule has 1 heterocycles. The number of piperazine rings is 1. The van der Waals surface area contributed by atoms with Crippen LogP contribution < -0.4 is 9.47 Å². The number of ether oxygens (including phenoxy) is 2. The summed E-state index contributed by atoms with van der Waals surface area (Å²) in [5, 5.41) is 0. The number of nitrogens with zero attached hydrogens (tertiary/aromatic N) is 2. The molecular weight excluding hydrogens is 420 g/mol. The third-order valence-corrected chi connectivity index (χ3v) is 5.50. The Labute approximate surface area is 175 Å². The molecule has 0 atom stereocenters. The summed E-state index contributed by atoms with van der Waals surface area (Å²) < 4.78 is 11.8. The smallest absolute Gasteiger partial charge is 0.254 e. The van der Waals surface area contributed by atoms with Crippen molar-refractivity contribution in [1.82, 2.24) is 9.80 Å². The maximum atomic E-state index is 13.0. The molecule has 0 aromatic heterocycles. The van der Waals surface area contributed by atoms with Gasteiger partial charge in [0.15, 0.2) is 11.5 Å². The first kappa shape index (κ1) is 20.7. The van der Waals surface area contributed by atoms with Crippen LogP contribution in [0.2, 0.25) is 0 Å². The van der Waals surface area contributed by atoms with E-state index in [1.54, 1.807) is 13.2 Å². The lowest BCUT2D eigenvalue weighted by Gasteiger charge is -2.35. The van der Waals surface area contributed by atoms with Crippen molar-refractivity contribution in [3.8, 4) is 11.5 Å². The van der Waals surface area contributed by atoms with Crippen molar-refractivity contribution in [2.75, 3.05) is 39.9 Å². The number of aryl methyl sites for hydroxylation is 1. The molecule has 0 aliphatic carbocycles. The highest BCUT2D eigenvalue weighted by molar-refractivity contribution is 9.10. The summed E-state index contributed by atoms with van der Waals surface area (Å²) in [6.07, 6.45) is 0. The number of carbonyl (C=O) groups excluding carboxylic acids is 1. The van der Waals surface area contributed by atoms with Crippen LogP contribution in [-0.4, -0.2) is 55.6 Å². The van der Waals surface area contributed by atoms with E-state index in [0.717, 1.165) is 37.2 Å². The van der Waals surface area contributed by atoms with Gasteiger partial charge < -0.3 is 14.4 Å². The molecule has 0 unspecified atom stereocenters. The minimum atomic E-state index is 0.0252. The zero-order valence-electron chi connectivity index (χ0n) is 16.7. The number of hydrogen-bond donors (Lipinski definition) is 0. The highest BCUT2D eigenvalue weighted by atomic mass is 79.9. The Hall–Kier alpha value is -2.05. The molecule has 0 spiro atoms. The largest absolute Gasteiger partial charge is 0.493 e. The van der Waals surface area contributed by atoms with Crippen LogP contribution in [0, 0.1) is 6.92 Å². The minimum absolute atomic E-state index is 0.0252. The fourth-order valence-corrected chi connectivity index (χ4v) is 4.04. The van der Waals surface area contributed by atoms with E-state index in [4.69, 9.17) is 9.47 Å². The lowest BCUT2D eigenvalue weighted by molar-refractivity contribution is 0.0628. The molecule has 1 aliphatic heterocycles. The van der Waals surface area contributed by atoms with Gasteiger partial charge in [-0.1, -0.05) is 29.8 Å². The Morgan fingerprint density at radius 3 is 2.54 bits per heavy atom. The molecule has 150 valence electrons. The number of hydrogen-bond acceptors (Lipinski definition) is 4. The molecule has 1 fully saturated rings. The molecule has 0 N–H and O–H groups in total. The lowest BCUT2D eigenvalue weighted by Crippen LogP contribution is -2.48. The molecule has 6 heteroatoms. The summed E-state index contributed by atoms with van der Waals surface area (Å²) in [5.74, 6) is 1.22. The van der Waals surface area contributed by atoms with Crippen LogP contribution in [0.25, 0.3) is 0 Å². The van der Waals surface area contributed by atoms with E-state index < -0.39 is 0 Å². The van der Waals surface area contributed by atoms with Crippen molar-refractivity contribution in [2.45, 2.75) is 20.4 Å². The third-order valence-electron chi connectivity index (χ3n) is 4.91.